The fourth-order valence-corrected chi connectivity index (χ4v) is 3.24. The van der Waals surface area contributed by atoms with Gasteiger partial charge < -0.3 is 19.7 Å². The monoisotopic (exact) mass is 375 g/mol. The molecule has 0 bridgehead atoms. The van der Waals surface area contributed by atoms with Crippen LogP contribution in [0.25, 0.3) is 0 Å². The Balaban J connectivity index is 1.68. The predicted octanol–water partition coefficient (Wildman–Crippen LogP) is 3.59. The van der Waals surface area contributed by atoms with Crippen molar-refractivity contribution in [2.45, 2.75) is 39.5 Å². The maximum atomic E-state index is 5.74. The maximum Gasteiger partial charge on any atom is 0.193 e. The van der Waals surface area contributed by atoms with Crippen molar-refractivity contribution >= 4 is 5.96 Å². The summed E-state index contributed by atoms with van der Waals surface area (Å²) < 4.78 is 11.2. The zero-order valence-corrected chi connectivity index (χ0v) is 17.5. The number of nitrogens with one attached hydrogen (secondary N) is 1. The highest BCUT2D eigenvalue weighted by Gasteiger charge is 2.15. The first kappa shape index (κ1) is 21.5. The Labute approximate surface area is 165 Å². The Hall–Kier alpha value is -1.75. The second kappa shape index (κ2) is 11.9. The summed E-state index contributed by atoms with van der Waals surface area (Å²) in [6, 6.07) is 8.42. The maximum absolute atomic E-state index is 5.74. The lowest BCUT2D eigenvalue weighted by Gasteiger charge is -2.26. The number of benzene rings is 1. The van der Waals surface area contributed by atoms with Crippen LogP contribution in [-0.4, -0.2) is 57.9 Å². The molecule has 1 aliphatic rings. The average molecular weight is 376 g/mol. The van der Waals surface area contributed by atoms with Crippen molar-refractivity contribution < 1.29 is 9.47 Å². The molecular weight excluding hydrogens is 338 g/mol. The molecule has 1 aliphatic heterocycles. The minimum absolute atomic E-state index is 0.545. The number of rotatable bonds is 9. The standard InChI is InChI=1S/C22H37N3O2/c1-18(2)17-27-21-7-5-19(6-8-21)9-13-24-22(23-3)25(4)14-10-20-11-15-26-16-12-20/h5-8,18,20H,9-17H2,1-4H3,(H,23,24). The van der Waals surface area contributed by atoms with Gasteiger partial charge in [-0.3, -0.25) is 4.99 Å². The highest BCUT2D eigenvalue weighted by Crippen LogP contribution is 2.18. The van der Waals surface area contributed by atoms with Crippen molar-refractivity contribution in [3.8, 4) is 5.75 Å². The molecule has 1 aromatic carbocycles. The van der Waals surface area contributed by atoms with E-state index in [1.165, 1.54) is 24.8 Å². The van der Waals surface area contributed by atoms with Gasteiger partial charge in [0.25, 0.3) is 0 Å². The topological polar surface area (TPSA) is 46.1 Å². The molecule has 0 unspecified atom stereocenters. The van der Waals surface area contributed by atoms with Gasteiger partial charge >= 0.3 is 0 Å². The highest BCUT2D eigenvalue weighted by molar-refractivity contribution is 5.79. The van der Waals surface area contributed by atoms with Crippen LogP contribution in [0.3, 0.4) is 0 Å². The Morgan fingerprint density at radius 2 is 1.96 bits per heavy atom. The van der Waals surface area contributed by atoms with Crippen LogP contribution < -0.4 is 10.1 Å². The molecule has 1 saturated heterocycles. The highest BCUT2D eigenvalue weighted by atomic mass is 16.5. The zero-order chi connectivity index (χ0) is 19.5. The molecule has 1 fully saturated rings. The number of hydrogen-bond acceptors (Lipinski definition) is 3. The number of aliphatic imine (C=N–C) groups is 1. The van der Waals surface area contributed by atoms with Crippen LogP contribution in [0.2, 0.25) is 0 Å². The molecule has 5 heteroatoms. The Morgan fingerprint density at radius 3 is 2.59 bits per heavy atom. The molecule has 1 N–H and O–H groups in total. The third kappa shape index (κ3) is 8.21. The van der Waals surface area contributed by atoms with Crippen LogP contribution in [0.4, 0.5) is 0 Å². The fraction of sp³-hybridized carbons (Fsp3) is 0.682. The van der Waals surface area contributed by atoms with Crippen molar-refractivity contribution in [1.29, 1.82) is 0 Å². The van der Waals surface area contributed by atoms with Crippen molar-refractivity contribution in [2.75, 3.05) is 47.0 Å². The van der Waals surface area contributed by atoms with Gasteiger partial charge in [-0.2, -0.15) is 0 Å². The van der Waals surface area contributed by atoms with Crippen LogP contribution in [0.1, 0.15) is 38.7 Å². The van der Waals surface area contributed by atoms with Crippen LogP contribution in [0.15, 0.2) is 29.3 Å². The minimum Gasteiger partial charge on any atom is -0.493 e. The second-order valence-corrected chi connectivity index (χ2v) is 7.84. The van der Waals surface area contributed by atoms with E-state index in [0.29, 0.717) is 5.92 Å². The van der Waals surface area contributed by atoms with Gasteiger partial charge in [-0.15, -0.1) is 0 Å². The van der Waals surface area contributed by atoms with Crippen molar-refractivity contribution in [3.05, 3.63) is 29.8 Å². The smallest absolute Gasteiger partial charge is 0.193 e. The van der Waals surface area contributed by atoms with Gasteiger partial charge in [-0.1, -0.05) is 26.0 Å². The molecule has 0 radical (unpaired) electrons. The van der Waals surface area contributed by atoms with Gasteiger partial charge in [-0.25, -0.2) is 0 Å². The third-order valence-electron chi connectivity index (χ3n) is 4.99. The first-order valence-corrected chi connectivity index (χ1v) is 10.3. The number of guanidine groups is 1. The van der Waals surface area contributed by atoms with Crippen molar-refractivity contribution in [2.24, 2.45) is 16.8 Å². The summed E-state index contributed by atoms with van der Waals surface area (Å²) in [6.45, 7) is 8.83. The Morgan fingerprint density at radius 1 is 1.26 bits per heavy atom. The molecule has 2 rings (SSSR count). The molecule has 0 saturated carbocycles. The summed E-state index contributed by atoms with van der Waals surface area (Å²) >= 11 is 0. The lowest BCUT2D eigenvalue weighted by molar-refractivity contribution is 0.0625. The Kier molecular flexibility index (Phi) is 9.46. The van der Waals surface area contributed by atoms with Crippen LogP contribution >= 0.6 is 0 Å². The lowest BCUT2D eigenvalue weighted by Crippen LogP contribution is -2.40. The number of hydrogen-bond donors (Lipinski definition) is 1. The second-order valence-electron chi connectivity index (χ2n) is 7.84. The van der Waals surface area contributed by atoms with Gasteiger partial charge in [0.15, 0.2) is 5.96 Å². The van der Waals surface area contributed by atoms with Crippen LogP contribution in [0.5, 0.6) is 5.75 Å². The van der Waals surface area contributed by atoms with E-state index in [-0.39, 0.29) is 0 Å². The molecule has 0 atom stereocenters. The molecule has 5 nitrogen and oxygen atoms in total. The molecule has 0 aromatic heterocycles. The number of ether oxygens (including phenoxy) is 2. The van der Waals surface area contributed by atoms with E-state index in [4.69, 9.17) is 9.47 Å². The van der Waals surface area contributed by atoms with Crippen molar-refractivity contribution in [1.82, 2.24) is 10.2 Å². The molecule has 152 valence electrons. The van der Waals surface area contributed by atoms with Crippen LogP contribution in [0, 0.1) is 11.8 Å². The van der Waals surface area contributed by atoms with Crippen molar-refractivity contribution in [3.63, 3.8) is 0 Å². The van der Waals surface area contributed by atoms with E-state index in [9.17, 15) is 0 Å². The van der Waals surface area contributed by atoms with E-state index >= 15 is 0 Å². The predicted molar refractivity (Wildman–Crippen MR) is 113 cm³/mol. The molecule has 27 heavy (non-hydrogen) atoms. The van der Waals surface area contributed by atoms with E-state index in [2.05, 4.69) is 60.4 Å². The summed E-state index contributed by atoms with van der Waals surface area (Å²) in [5, 5.41) is 3.48. The van der Waals surface area contributed by atoms with E-state index in [1.807, 2.05) is 7.05 Å². The fourth-order valence-electron chi connectivity index (χ4n) is 3.24. The summed E-state index contributed by atoms with van der Waals surface area (Å²) in [6.07, 6.45) is 4.56. The SMILES string of the molecule is CN=C(NCCc1ccc(OCC(C)C)cc1)N(C)CCC1CCOCC1. The molecule has 1 heterocycles. The summed E-state index contributed by atoms with van der Waals surface area (Å²) in [7, 11) is 3.98. The van der Waals surface area contributed by atoms with Gasteiger partial charge in [0, 0.05) is 40.4 Å². The third-order valence-corrected chi connectivity index (χ3v) is 4.99. The van der Waals surface area contributed by atoms with E-state index < -0.39 is 0 Å². The van der Waals surface area contributed by atoms with Gasteiger partial charge in [0.05, 0.1) is 6.61 Å². The molecular formula is C22H37N3O2. The normalized spacial score (nSPS) is 15.8. The molecule has 0 spiro atoms. The summed E-state index contributed by atoms with van der Waals surface area (Å²) in [4.78, 5) is 6.66. The van der Waals surface area contributed by atoms with E-state index in [0.717, 1.165) is 57.0 Å². The zero-order valence-electron chi connectivity index (χ0n) is 17.5. The van der Waals surface area contributed by atoms with E-state index in [1.54, 1.807) is 0 Å². The molecule has 0 amide bonds. The first-order chi connectivity index (χ1) is 13.1. The van der Waals surface area contributed by atoms with Gasteiger partial charge in [-0.05, 0) is 55.2 Å². The molecule has 0 aliphatic carbocycles. The van der Waals surface area contributed by atoms with Crippen LogP contribution in [-0.2, 0) is 11.2 Å². The minimum atomic E-state index is 0.545. The average Bonchev–Trinajstić information content (AvgIpc) is 2.69. The Bertz CT molecular complexity index is 551. The number of nitrogens with zero attached hydrogens (tertiary/aromatic N) is 2. The van der Waals surface area contributed by atoms with Gasteiger partial charge in [0.1, 0.15) is 5.75 Å². The summed E-state index contributed by atoms with van der Waals surface area (Å²) in [5.41, 5.74) is 1.31. The first-order valence-electron chi connectivity index (χ1n) is 10.3. The van der Waals surface area contributed by atoms with Gasteiger partial charge in [0.2, 0.25) is 0 Å². The summed E-state index contributed by atoms with van der Waals surface area (Å²) in [5.74, 6) is 3.25. The lowest BCUT2D eigenvalue weighted by atomic mass is 9.96. The quantitative estimate of drug-likeness (QED) is 0.529. The molecule has 1 aromatic rings. The largest absolute Gasteiger partial charge is 0.493 e.